The average Bonchev–Trinajstić information content (AvgIpc) is 3.39. The molecule has 168 valence electrons. The molecule has 1 aromatic carbocycles. The summed E-state index contributed by atoms with van der Waals surface area (Å²) in [4.78, 5) is 11.7. The minimum Gasteiger partial charge on any atom is -0.490 e. The molecule has 0 amide bonds. The molecule has 0 radical (unpaired) electrons. The lowest BCUT2D eigenvalue weighted by Gasteiger charge is -2.13. The second kappa shape index (κ2) is 8.54. The van der Waals surface area contributed by atoms with Gasteiger partial charge in [-0.3, -0.25) is 0 Å². The molecule has 0 unspecified atom stereocenters. The van der Waals surface area contributed by atoms with Crippen molar-refractivity contribution < 1.29 is 27.5 Å². The van der Waals surface area contributed by atoms with Crippen molar-refractivity contribution >= 4 is 28.8 Å². The third-order valence-electron chi connectivity index (χ3n) is 4.23. The summed E-state index contributed by atoms with van der Waals surface area (Å²) in [6.45, 7) is -0.233. The fourth-order valence-electron chi connectivity index (χ4n) is 2.65. The summed E-state index contributed by atoms with van der Waals surface area (Å²) >= 11 is 12.5. The lowest BCUT2D eigenvalue weighted by atomic mass is 10.2. The van der Waals surface area contributed by atoms with Crippen molar-refractivity contribution in [2.75, 3.05) is 13.2 Å². The van der Waals surface area contributed by atoms with Crippen LogP contribution in [0.4, 0.5) is 13.2 Å². The van der Waals surface area contributed by atoms with Crippen LogP contribution in [0, 0.1) is 0 Å². The van der Waals surface area contributed by atoms with E-state index in [2.05, 4.69) is 20.1 Å². The minimum atomic E-state index is -4.59. The van der Waals surface area contributed by atoms with Crippen LogP contribution in [-0.2, 0) is 6.18 Å². The van der Waals surface area contributed by atoms with E-state index in [-0.39, 0.29) is 52.1 Å². The van der Waals surface area contributed by atoms with Gasteiger partial charge in [0.1, 0.15) is 18.1 Å². The number of benzene rings is 1. The van der Waals surface area contributed by atoms with Gasteiger partial charge in [-0.2, -0.15) is 18.2 Å². The predicted molar refractivity (Wildman–Crippen MR) is 107 cm³/mol. The fraction of sp³-hybridized carbons (Fsp3) is 0.222. The molecule has 0 aliphatic rings. The highest BCUT2D eigenvalue weighted by Crippen LogP contribution is 2.36. The van der Waals surface area contributed by atoms with Crippen LogP contribution < -0.4 is 10.5 Å². The van der Waals surface area contributed by atoms with Crippen LogP contribution in [0.5, 0.6) is 5.75 Å². The molecule has 0 bridgehead atoms. The number of imidazole rings is 1. The lowest BCUT2D eigenvalue weighted by molar-refractivity contribution is -0.141. The molecule has 14 heteroatoms. The highest BCUT2D eigenvalue weighted by molar-refractivity contribution is 6.36. The van der Waals surface area contributed by atoms with Gasteiger partial charge in [0.05, 0.1) is 28.9 Å². The Morgan fingerprint density at radius 3 is 2.69 bits per heavy atom. The molecule has 0 spiro atoms. The Labute approximate surface area is 187 Å². The van der Waals surface area contributed by atoms with E-state index in [0.717, 1.165) is 16.8 Å². The maximum absolute atomic E-state index is 12.9. The molecule has 32 heavy (non-hydrogen) atoms. The first-order valence-electron chi connectivity index (χ1n) is 8.90. The Bertz CT molecular complexity index is 1280. The fourth-order valence-corrected chi connectivity index (χ4v) is 3.10. The van der Waals surface area contributed by atoms with Gasteiger partial charge in [-0.1, -0.05) is 28.4 Å². The van der Waals surface area contributed by atoms with Gasteiger partial charge >= 0.3 is 6.18 Å². The summed E-state index contributed by atoms with van der Waals surface area (Å²) in [5, 5.41) is 13.2. The zero-order chi connectivity index (χ0) is 23.0. The maximum atomic E-state index is 12.9. The van der Waals surface area contributed by atoms with E-state index in [4.69, 9.17) is 43.3 Å². The lowest BCUT2D eigenvalue weighted by Crippen LogP contribution is -2.31. The normalized spacial score (nSPS) is 13.0. The highest BCUT2D eigenvalue weighted by atomic mass is 35.5. The number of aliphatic hydroxyl groups excluding tert-OH is 1. The molecule has 0 saturated heterocycles. The molecule has 3 N–H and O–H groups in total. The van der Waals surface area contributed by atoms with E-state index in [1.807, 2.05) is 0 Å². The second-order valence-electron chi connectivity index (χ2n) is 6.60. The molecule has 0 aliphatic carbocycles. The molecule has 4 aromatic rings. The Hall–Kier alpha value is -2.93. The van der Waals surface area contributed by atoms with Gasteiger partial charge in [0.2, 0.25) is 5.82 Å². The first-order chi connectivity index (χ1) is 15.2. The van der Waals surface area contributed by atoms with Crippen molar-refractivity contribution in [3.63, 3.8) is 0 Å². The molecule has 0 saturated carbocycles. The molecule has 3 heterocycles. The van der Waals surface area contributed by atoms with Crippen molar-refractivity contribution in [3.8, 4) is 28.7 Å². The molecule has 0 aliphatic heterocycles. The number of nitrogens with two attached hydrogens (primary N) is 1. The number of aliphatic hydroxyl groups is 1. The molecule has 0 fully saturated rings. The maximum Gasteiger partial charge on any atom is 0.434 e. The zero-order valence-electron chi connectivity index (χ0n) is 15.8. The minimum absolute atomic E-state index is 0.0249. The van der Waals surface area contributed by atoms with Crippen molar-refractivity contribution in [2.45, 2.75) is 12.2 Å². The monoisotopic (exact) mass is 488 g/mol. The highest BCUT2D eigenvalue weighted by Gasteiger charge is 2.33. The van der Waals surface area contributed by atoms with Gasteiger partial charge in [0.15, 0.2) is 11.3 Å². The Kier molecular flexibility index (Phi) is 5.95. The van der Waals surface area contributed by atoms with Crippen molar-refractivity contribution in [2.24, 2.45) is 5.73 Å². The van der Waals surface area contributed by atoms with Gasteiger partial charge in [-0.25, -0.2) is 9.97 Å². The van der Waals surface area contributed by atoms with E-state index >= 15 is 0 Å². The van der Waals surface area contributed by atoms with E-state index in [1.54, 1.807) is 0 Å². The number of hydrogen-bond acceptors (Lipinski definition) is 8. The molecule has 1 atom stereocenters. The topological polar surface area (TPSA) is 125 Å². The molecular weight excluding hydrogens is 476 g/mol. The van der Waals surface area contributed by atoms with E-state index in [1.165, 1.54) is 18.3 Å². The molecular formula is C18H13Cl2F3N6O3. The third kappa shape index (κ3) is 4.48. The van der Waals surface area contributed by atoms with Gasteiger partial charge < -0.3 is 24.5 Å². The molecule has 3 aromatic heterocycles. The van der Waals surface area contributed by atoms with Crippen LogP contribution in [0.25, 0.3) is 28.6 Å². The number of nitrogens with zero attached hydrogens (tertiary/aromatic N) is 5. The summed E-state index contributed by atoms with van der Waals surface area (Å²) in [6.07, 6.45) is -1.49. The quantitative estimate of drug-likeness (QED) is 0.422. The summed E-state index contributed by atoms with van der Waals surface area (Å²) in [7, 11) is 0. The van der Waals surface area contributed by atoms with Crippen molar-refractivity contribution in [3.05, 3.63) is 46.5 Å². The molecule has 4 rings (SSSR count). The van der Waals surface area contributed by atoms with Crippen LogP contribution in [0.2, 0.25) is 10.0 Å². The van der Waals surface area contributed by atoms with Crippen LogP contribution in [-0.4, -0.2) is 48.9 Å². The van der Waals surface area contributed by atoms with Gasteiger partial charge in [-0.15, -0.1) is 0 Å². The average molecular weight is 489 g/mol. The van der Waals surface area contributed by atoms with Crippen molar-refractivity contribution in [1.82, 2.24) is 24.5 Å². The number of hydrogen-bond donors (Lipinski definition) is 2. The van der Waals surface area contributed by atoms with E-state index in [9.17, 15) is 13.2 Å². The summed E-state index contributed by atoms with van der Waals surface area (Å²) in [5.74, 6) is 0.289. The van der Waals surface area contributed by atoms with Gasteiger partial charge in [-0.05, 0) is 6.07 Å². The first-order valence-corrected chi connectivity index (χ1v) is 9.66. The number of alkyl halides is 3. The van der Waals surface area contributed by atoms with Crippen LogP contribution in [0.3, 0.4) is 0 Å². The summed E-state index contributed by atoms with van der Waals surface area (Å²) < 4.78 is 50.4. The largest absolute Gasteiger partial charge is 0.490 e. The van der Waals surface area contributed by atoms with Crippen LogP contribution in [0.1, 0.15) is 5.69 Å². The third-order valence-corrected chi connectivity index (χ3v) is 4.83. The van der Waals surface area contributed by atoms with E-state index in [0.29, 0.717) is 5.56 Å². The number of halogens is 5. The Morgan fingerprint density at radius 2 is 1.97 bits per heavy atom. The zero-order valence-corrected chi connectivity index (χ0v) is 17.4. The number of fused-ring (bicyclic) bond motifs is 1. The second-order valence-corrected chi connectivity index (χ2v) is 7.42. The summed E-state index contributed by atoms with van der Waals surface area (Å²) in [5.41, 5.74) is 5.16. The number of rotatable bonds is 6. The number of aromatic nitrogens is 5. The first kappa shape index (κ1) is 22.3. The SMILES string of the molecule is N[C@H](CO)COc1cc(Cl)c(-c2noc(-c3cn4cc(C(F)(F)F)ncc4n3)n2)cc1Cl. The van der Waals surface area contributed by atoms with Crippen LogP contribution >= 0.6 is 23.2 Å². The van der Waals surface area contributed by atoms with Crippen LogP contribution in [0.15, 0.2) is 35.2 Å². The number of ether oxygens (including phenoxy) is 1. The van der Waals surface area contributed by atoms with Crippen molar-refractivity contribution in [1.29, 1.82) is 0 Å². The Balaban J connectivity index is 1.62. The Morgan fingerprint density at radius 1 is 1.19 bits per heavy atom. The predicted octanol–water partition coefficient (Wildman–Crippen LogP) is 3.47. The molecule has 9 nitrogen and oxygen atoms in total. The van der Waals surface area contributed by atoms with Gasteiger partial charge in [0.25, 0.3) is 5.89 Å². The van der Waals surface area contributed by atoms with Gasteiger partial charge in [0, 0.05) is 24.0 Å². The smallest absolute Gasteiger partial charge is 0.434 e. The van der Waals surface area contributed by atoms with E-state index < -0.39 is 17.9 Å². The summed E-state index contributed by atoms with van der Waals surface area (Å²) in [6, 6.07) is 2.31. The standard InChI is InChI=1S/C18H13Cl2F3N6O3/c19-10-2-13(31-7-8(24)6-30)11(20)1-9(10)16-27-17(32-28-16)12-4-29-5-14(18(21,22)23)25-3-15(29)26-12/h1-5,8,30H,6-7,24H2/t8-/m1/s1.